The molecule has 16 heavy (non-hydrogen) atoms. The molecule has 90 valence electrons. The number of methoxy groups -OCH3 is 1. The number of likely N-dealkylation sites (N-methyl/N-ethyl adjacent to an activating group) is 1. The van der Waals surface area contributed by atoms with Crippen LogP contribution in [0.3, 0.4) is 0 Å². The zero-order valence-electron chi connectivity index (χ0n) is 9.88. The lowest BCUT2D eigenvalue weighted by Gasteiger charge is -2.23. The zero-order chi connectivity index (χ0) is 12.2. The van der Waals surface area contributed by atoms with Gasteiger partial charge in [-0.1, -0.05) is 6.07 Å². The lowest BCUT2D eigenvalue weighted by molar-refractivity contribution is 0.0622. The molecule has 0 aliphatic rings. The summed E-state index contributed by atoms with van der Waals surface area (Å²) in [4.78, 5) is 0. The van der Waals surface area contributed by atoms with E-state index in [2.05, 4.69) is 21.2 Å². The Morgan fingerprint density at radius 3 is 2.69 bits per heavy atom. The molecule has 4 heteroatoms. The number of rotatable bonds is 5. The standard InChI is InChI=1S/C12H18BrNO2/c1-12(15,8-14-2)7-9-4-5-11(16-3)10(13)6-9/h4-6,14-15H,7-8H2,1-3H3. The van der Waals surface area contributed by atoms with Crippen molar-refractivity contribution in [1.82, 2.24) is 5.32 Å². The Kier molecular flexibility index (Phi) is 4.77. The van der Waals surface area contributed by atoms with Gasteiger partial charge in [-0.15, -0.1) is 0 Å². The molecule has 0 aliphatic carbocycles. The first-order chi connectivity index (χ1) is 7.48. The topological polar surface area (TPSA) is 41.5 Å². The number of hydrogen-bond donors (Lipinski definition) is 2. The average Bonchev–Trinajstić information content (AvgIpc) is 2.17. The molecule has 0 aliphatic heterocycles. The van der Waals surface area contributed by atoms with Crippen molar-refractivity contribution in [2.24, 2.45) is 0 Å². The van der Waals surface area contributed by atoms with Crippen molar-refractivity contribution in [2.75, 3.05) is 20.7 Å². The van der Waals surface area contributed by atoms with E-state index in [0.717, 1.165) is 15.8 Å². The molecule has 1 aromatic rings. The summed E-state index contributed by atoms with van der Waals surface area (Å²) in [6.45, 7) is 2.39. The molecule has 1 atom stereocenters. The monoisotopic (exact) mass is 287 g/mol. The predicted molar refractivity (Wildman–Crippen MR) is 68.9 cm³/mol. The van der Waals surface area contributed by atoms with Gasteiger partial charge >= 0.3 is 0 Å². The molecule has 0 bridgehead atoms. The molecule has 0 saturated heterocycles. The summed E-state index contributed by atoms with van der Waals surface area (Å²) in [6.07, 6.45) is 0.608. The van der Waals surface area contributed by atoms with Gasteiger partial charge in [0.2, 0.25) is 0 Å². The first-order valence-corrected chi connectivity index (χ1v) is 5.97. The maximum absolute atomic E-state index is 10.1. The molecule has 1 aromatic carbocycles. The summed E-state index contributed by atoms with van der Waals surface area (Å²) in [6, 6.07) is 5.84. The van der Waals surface area contributed by atoms with Crippen LogP contribution in [-0.2, 0) is 6.42 Å². The minimum atomic E-state index is -0.733. The Hall–Kier alpha value is -0.580. The van der Waals surface area contributed by atoms with Crippen molar-refractivity contribution in [3.63, 3.8) is 0 Å². The maximum Gasteiger partial charge on any atom is 0.133 e. The molecule has 2 N–H and O–H groups in total. The minimum absolute atomic E-state index is 0.566. The fraction of sp³-hybridized carbons (Fsp3) is 0.500. The van der Waals surface area contributed by atoms with Crippen LogP contribution in [0.1, 0.15) is 12.5 Å². The minimum Gasteiger partial charge on any atom is -0.496 e. The van der Waals surface area contributed by atoms with E-state index in [4.69, 9.17) is 4.74 Å². The van der Waals surface area contributed by atoms with Gasteiger partial charge < -0.3 is 15.2 Å². The Labute approximate surface area is 105 Å². The quantitative estimate of drug-likeness (QED) is 0.870. The van der Waals surface area contributed by atoms with Crippen molar-refractivity contribution >= 4 is 15.9 Å². The molecule has 0 amide bonds. The number of nitrogens with one attached hydrogen (secondary N) is 1. The second-order valence-electron chi connectivity index (χ2n) is 4.17. The van der Waals surface area contributed by atoms with E-state index in [1.165, 1.54) is 0 Å². The van der Waals surface area contributed by atoms with E-state index in [-0.39, 0.29) is 0 Å². The number of benzene rings is 1. The molecule has 0 heterocycles. The van der Waals surface area contributed by atoms with Crippen LogP contribution in [0.4, 0.5) is 0 Å². The van der Waals surface area contributed by atoms with Crippen LogP contribution in [0.2, 0.25) is 0 Å². The number of hydrogen-bond acceptors (Lipinski definition) is 3. The summed E-state index contributed by atoms with van der Waals surface area (Å²) in [5.41, 5.74) is 0.343. The Bertz CT molecular complexity index is 353. The Morgan fingerprint density at radius 1 is 1.50 bits per heavy atom. The van der Waals surface area contributed by atoms with E-state index in [1.54, 1.807) is 7.11 Å². The van der Waals surface area contributed by atoms with E-state index >= 15 is 0 Å². The highest BCUT2D eigenvalue weighted by atomic mass is 79.9. The lowest BCUT2D eigenvalue weighted by atomic mass is 9.96. The SMILES string of the molecule is CNCC(C)(O)Cc1ccc(OC)c(Br)c1. The van der Waals surface area contributed by atoms with Crippen LogP contribution in [0.5, 0.6) is 5.75 Å². The Balaban J connectivity index is 2.78. The zero-order valence-corrected chi connectivity index (χ0v) is 11.5. The van der Waals surface area contributed by atoms with Gasteiger partial charge in [0.1, 0.15) is 5.75 Å². The van der Waals surface area contributed by atoms with Gasteiger partial charge in [-0.3, -0.25) is 0 Å². The van der Waals surface area contributed by atoms with Crippen LogP contribution in [-0.4, -0.2) is 31.4 Å². The van der Waals surface area contributed by atoms with Gasteiger partial charge in [0.15, 0.2) is 0 Å². The van der Waals surface area contributed by atoms with Crippen LogP contribution >= 0.6 is 15.9 Å². The third-order valence-corrected chi connectivity index (χ3v) is 2.98. The fourth-order valence-corrected chi connectivity index (χ4v) is 2.29. The highest BCUT2D eigenvalue weighted by molar-refractivity contribution is 9.10. The Morgan fingerprint density at radius 2 is 2.19 bits per heavy atom. The van der Waals surface area contributed by atoms with Crippen LogP contribution in [0.15, 0.2) is 22.7 Å². The van der Waals surface area contributed by atoms with Gasteiger partial charge in [0, 0.05) is 13.0 Å². The van der Waals surface area contributed by atoms with Crippen molar-refractivity contribution in [1.29, 1.82) is 0 Å². The molecule has 1 rings (SSSR count). The maximum atomic E-state index is 10.1. The predicted octanol–water partition coefficient (Wildman–Crippen LogP) is 1.97. The smallest absolute Gasteiger partial charge is 0.133 e. The molecule has 1 unspecified atom stereocenters. The molecule has 0 fully saturated rings. The second kappa shape index (κ2) is 5.66. The van der Waals surface area contributed by atoms with Gasteiger partial charge in [0.25, 0.3) is 0 Å². The summed E-state index contributed by atoms with van der Waals surface area (Å²) in [7, 11) is 3.47. The third-order valence-electron chi connectivity index (χ3n) is 2.36. The molecule has 0 radical (unpaired) electrons. The van der Waals surface area contributed by atoms with E-state index in [1.807, 2.05) is 32.2 Å². The fourth-order valence-electron chi connectivity index (χ4n) is 1.70. The molecule has 3 nitrogen and oxygen atoms in total. The second-order valence-corrected chi connectivity index (χ2v) is 5.03. The molecule has 0 aromatic heterocycles. The van der Waals surface area contributed by atoms with E-state index < -0.39 is 5.60 Å². The first kappa shape index (κ1) is 13.5. The summed E-state index contributed by atoms with van der Waals surface area (Å²) >= 11 is 3.43. The van der Waals surface area contributed by atoms with Crippen molar-refractivity contribution < 1.29 is 9.84 Å². The van der Waals surface area contributed by atoms with Crippen molar-refractivity contribution in [2.45, 2.75) is 18.9 Å². The highest BCUT2D eigenvalue weighted by Crippen LogP contribution is 2.27. The van der Waals surface area contributed by atoms with Crippen LogP contribution in [0, 0.1) is 0 Å². The van der Waals surface area contributed by atoms with E-state index in [9.17, 15) is 5.11 Å². The van der Waals surface area contributed by atoms with Gasteiger partial charge in [0.05, 0.1) is 17.2 Å². The normalized spacial score (nSPS) is 14.6. The van der Waals surface area contributed by atoms with Gasteiger partial charge in [-0.25, -0.2) is 0 Å². The number of ether oxygens (including phenoxy) is 1. The van der Waals surface area contributed by atoms with Gasteiger partial charge in [-0.05, 0) is 47.6 Å². The summed E-state index contributed by atoms with van der Waals surface area (Å²) in [5, 5.41) is 13.1. The largest absolute Gasteiger partial charge is 0.496 e. The van der Waals surface area contributed by atoms with Crippen LogP contribution in [0.25, 0.3) is 0 Å². The third kappa shape index (κ3) is 3.77. The number of halogens is 1. The van der Waals surface area contributed by atoms with Crippen molar-refractivity contribution in [3.8, 4) is 5.75 Å². The number of aliphatic hydroxyl groups is 1. The van der Waals surface area contributed by atoms with E-state index in [0.29, 0.717) is 13.0 Å². The van der Waals surface area contributed by atoms with Crippen molar-refractivity contribution in [3.05, 3.63) is 28.2 Å². The first-order valence-electron chi connectivity index (χ1n) is 5.18. The molecule has 0 saturated carbocycles. The highest BCUT2D eigenvalue weighted by Gasteiger charge is 2.20. The van der Waals surface area contributed by atoms with Crippen LogP contribution < -0.4 is 10.1 Å². The molecular weight excluding hydrogens is 270 g/mol. The summed E-state index contributed by atoms with van der Waals surface area (Å²) < 4.78 is 6.07. The lowest BCUT2D eigenvalue weighted by Crippen LogP contribution is -2.38. The summed E-state index contributed by atoms with van der Waals surface area (Å²) in [5.74, 6) is 0.803. The molecular formula is C12H18BrNO2. The van der Waals surface area contributed by atoms with Gasteiger partial charge in [-0.2, -0.15) is 0 Å². The molecule has 0 spiro atoms. The average molecular weight is 288 g/mol.